The first kappa shape index (κ1) is 16.5. The first-order valence-corrected chi connectivity index (χ1v) is 9.30. The van der Waals surface area contributed by atoms with Crippen molar-refractivity contribution < 1.29 is 13.5 Å². The number of nitrogens with one attached hydrogen (secondary N) is 1. The largest absolute Gasteiger partial charge is 0.392 e. The molecule has 1 aromatic rings. The monoisotopic (exact) mass is 311 g/mol. The second kappa shape index (κ2) is 7.38. The van der Waals surface area contributed by atoms with Gasteiger partial charge in [0, 0.05) is 6.04 Å². The van der Waals surface area contributed by atoms with Gasteiger partial charge in [0.2, 0.25) is 10.0 Å². The zero-order chi connectivity index (χ0) is 15.3. The molecule has 1 aliphatic carbocycles. The van der Waals surface area contributed by atoms with Crippen LogP contribution >= 0.6 is 0 Å². The quantitative estimate of drug-likeness (QED) is 0.822. The van der Waals surface area contributed by atoms with Crippen molar-refractivity contribution in [3.8, 4) is 0 Å². The number of aliphatic hydroxyl groups excluding tert-OH is 1. The summed E-state index contributed by atoms with van der Waals surface area (Å²) >= 11 is 0. The van der Waals surface area contributed by atoms with Gasteiger partial charge in [0.15, 0.2) is 0 Å². The van der Waals surface area contributed by atoms with Gasteiger partial charge in [-0.3, -0.25) is 0 Å². The third-order valence-corrected chi connectivity index (χ3v) is 5.76. The van der Waals surface area contributed by atoms with E-state index in [1.807, 2.05) is 6.92 Å². The fourth-order valence-corrected chi connectivity index (χ4v) is 4.59. The molecule has 0 amide bonds. The van der Waals surface area contributed by atoms with Crippen LogP contribution in [-0.2, 0) is 23.1 Å². The van der Waals surface area contributed by atoms with Crippen LogP contribution in [0.3, 0.4) is 0 Å². The highest BCUT2D eigenvalue weighted by Gasteiger charge is 2.23. The molecule has 1 fully saturated rings. The zero-order valence-corrected chi connectivity index (χ0v) is 13.5. The van der Waals surface area contributed by atoms with Crippen LogP contribution in [-0.4, -0.2) is 19.6 Å². The minimum absolute atomic E-state index is 0.0417. The normalized spacial score (nSPS) is 17.6. The van der Waals surface area contributed by atoms with Crippen LogP contribution in [0.1, 0.15) is 56.6 Å². The van der Waals surface area contributed by atoms with E-state index in [9.17, 15) is 13.5 Å². The summed E-state index contributed by atoms with van der Waals surface area (Å²) < 4.78 is 28.2. The Hall–Kier alpha value is -0.910. The van der Waals surface area contributed by atoms with Gasteiger partial charge in [0.05, 0.1) is 11.5 Å². The summed E-state index contributed by atoms with van der Waals surface area (Å²) in [5.74, 6) is 0. The van der Waals surface area contributed by atoms with Crippen molar-refractivity contribution in [2.24, 2.45) is 0 Å². The molecule has 21 heavy (non-hydrogen) atoms. The summed E-state index contributed by atoms with van der Waals surface area (Å²) in [6.07, 6.45) is 7.05. The first-order valence-electron chi connectivity index (χ1n) is 7.82. The number of aliphatic hydroxyl groups is 1. The smallest absolute Gasteiger partial charge is 0.241 e. The van der Waals surface area contributed by atoms with E-state index in [-0.39, 0.29) is 12.6 Å². The van der Waals surface area contributed by atoms with Crippen molar-refractivity contribution in [3.05, 3.63) is 29.3 Å². The lowest BCUT2D eigenvalue weighted by Gasteiger charge is -2.18. The number of rotatable bonds is 5. The molecule has 2 rings (SSSR count). The zero-order valence-electron chi connectivity index (χ0n) is 12.6. The third kappa shape index (κ3) is 4.28. The lowest BCUT2D eigenvalue weighted by atomic mass is 10.1. The van der Waals surface area contributed by atoms with Crippen LogP contribution < -0.4 is 4.72 Å². The predicted octanol–water partition coefficient (Wildman–Crippen LogP) is 2.74. The Balaban J connectivity index is 2.25. The van der Waals surface area contributed by atoms with Crippen LogP contribution in [0, 0.1) is 0 Å². The maximum absolute atomic E-state index is 12.7. The molecule has 1 aromatic carbocycles. The van der Waals surface area contributed by atoms with Gasteiger partial charge >= 0.3 is 0 Å². The minimum atomic E-state index is -3.51. The first-order chi connectivity index (χ1) is 10.1. The van der Waals surface area contributed by atoms with Crippen LogP contribution in [0.5, 0.6) is 0 Å². The summed E-state index contributed by atoms with van der Waals surface area (Å²) in [6.45, 7) is 1.80. The molecular formula is C16H25NO3S. The number of hydrogen-bond acceptors (Lipinski definition) is 3. The fraction of sp³-hybridized carbons (Fsp3) is 0.625. The lowest BCUT2D eigenvalue weighted by molar-refractivity contribution is 0.281. The van der Waals surface area contributed by atoms with E-state index in [1.54, 1.807) is 18.2 Å². The van der Waals surface area contributed by atoms with Gasteiger partial charge in [-0.1, -0.05) is 44.7 Å². The number of hydrogen-bond donors (Lipinski definition) is 2. The average molecular weight is 311 g/mol. The van der Waals surface area contributed by atoms with Gasteiger partial charge in [-0.15, -0.1) is 0 Å². The topological polar surface area (TPSA) is 66.4 Å². The SMILES string of the molecule is CCc1ccc(CO)cc1S(=O)(=O)NC1CCCCCC1. The van der Waals surface area contributed by atoms with E-state index in [4.69, 9.17) is 0 Å². The maximum atomic E-state index is 12.7. The van der Waals surface area contributed by atoms with Crippen LogP contribution in [0.4, 0.5) is 0 Å². The van der Waals surface area contributed by atoms with Gasteiger partial charge in [0.25, 0.3) is 0 Å². The Morgan fingerprint density at radius 1 is 1.19 bits per heavy atom. The highest BCUT2D eigenvalue weighted by molar-refractivity contribution is 7.89. The third-order valence-electron chi connectivity index (χ3n) is 4.16. The van der Waals surface area contributed by atoms with E-state index < -0.39 is 10.0 Å². The second-order valence-electron chi connectivity index (χ2n) is 5.76. The van der Waals surface area contributed by atoms with Gasteiger partial charge < -0.3 is 5.11 Å². The highest BCUT2D eigenvalue weighted by Crippen LogP contribution is 2.22. The summed E-state index contributed by atoms with van der Waals surface area (Å²) in [5.41, 5.74) is 1.43. The molecule has 118 valence electrons. The molecule has 1 saturated carbocycles. The molecule has 0 heterocycles. The molecule has 1 aliphatic rings. The Morgan fingerprint density at radius 2 is 1.86 bits per heavy atom. The Bertz CT molecular complexity index is 561. The summed E-state index contributed by atoms with van der Waals surface area (Å²) in [7, 11) is -3.51. The van der Waals surface area contributed by atoms with Crippen molar-refractivity contribution in [2.75, 3.05) is 0 Å². The number of benzene rings is 1. The molecule has 2 N–H and O–H groups in total. The average Bonchev–Trinajstić information content (AvgIpc) is 2.74. The number of aryl methyl sites for hydroxylation is 1. The lowest BCUT2D eigenvalue weighted by Crippen LogP contribution is -2.35. The van der Waals surface area contributed by atoms with Gasteiger partial charge in [-0.25, -0.2) is 13.1 Å². The summed E-state index contributed by atoms with van der Waals surface area (Å²) in [6, 6.07) is 5.22. The van der Waals surface area contributed by atoms with Crippen molar-refractivity contribution >= 4 is 10.0 Å². The number of sulfonamides is 1. The van der Waals surface area contributed by atoms with Crippen molar-refractivity contribution in [2.45, 2.75) is 69.4 Å². The van der Waals surface area contributed by atoms with Crippen molar-refractivity contribution in [1.29, 1.82) is 0 Å². The molecule has 4 nitrogen and oxygen atoms in total. The van der Waals surface area contributed by atoms with Gasteiger partial charge in [-0.2, -0.15) is 0 Å². The van der Waals surface area contributed by atoms with Crippen molar-refractivity contribution in [3.63, 3.8) is 0 Å². The van der Waals surface area contributed by atoms with Gasteiger partial charge in [0.1, 0.15) is 0 Å². The molecule has 0 unspecified atom stereocenters. The standard InChI is InChI=1S/C16H25NO3S/c1-2-14-10-9-13(12-18)11-16(14)21(19,20)17-15-7-5-3-4-6-8-15/h9-11,15,17-18H,2-8,12H2,1H3. The molecule has 5 heteroatoms. The molecule has 0 atom stereocenters. The molecule has 0 radical (unpaired) electrons. The fourth-order valence-electron chi connectivity index (χ4n) is 2.92. The molecule has 0 saturated heterocycles. The van der Waals surface area contributed by atoms with E-state index in [0.29, 0.717) is 16.9 Å². The Labute approximate surface area is 127 Å². The summed E-state index contributed by atoms with van der Waals surface area (Å²) in [5, 5.41) is 9.23. The van der Waals surface area contributed by atoms with E-state index in [2.05, 4.69) is 4.72 Å². The maximum Gasteiger partial charge on any atom is 0.241 e. The Morgan fingerprint density at radius 3 is 2.43 bits per heavy atom. The highest BCUT2D eigenvalue weighted by atomic mass is 32.2. The molecule has 0 spiro atoms. The molecular weight excluding hydrogens is 286 g/mol. The van der Waals surface area contributed by atoms with E-state index in [0.717, 1.165) is 31.2 Å². The summed E-state index contributed by atoms with van der Waals surface area (Å²) in [4.78, 5) is 0.320. The van der Waals surface area contributed by atoms with Crippen LogP contribution in [0.15, 0.2) is 23.1 Å². The minimum Gasteiger partial charge on any atom is -0.392 e. The van der Waals surface area contributed by atoms with E-state index in [1.165, 1.54) is 12.8 Å². The molecule has 0 bridgehead atoms. The predicted molar refractivity (Wildman–Crippen MR) is 83.6 cm³/mol. The van der Waals surface area contributed by atoms with Gasteiger partial charge in [-0.05, 0) is 36.5 Å². The second-order valence-corrected chi connectivity index (χ2v) is 7.45. The van der Waals surface area contributed by atoms with Crippen molar-refractivity contribution in [1.82, 2.24) is 4.72 Å². The van der Waals surface area contributed by atoms with Crippen LogP contribution in [0.2, 0.25) is 0 Å². The van der Waals surface area contributed by atoms with Crippen LogP contribution in [0.25, 0.3) is 0 Å². The van der Waals surface area contributed by atoms with E-state index >= 15 is 0 Å². The Kier molecular flexibility index (Phi) is 5.79. The molecule has 0 aliphatic heterocycles. The molecule has 0 aromatic heterocycles.